The predicted molar refractivity (Wildman–Crippen MR) is 110 cm³/mol. The Morgan fingerprint density at radius 2 is 1.60 bits per heavy atom. The van der Waals surface area contributed by atoms with Gasteiger partial charge in [-0.15, -0.1) is 0 Å². The van der Waals surface area contributed by atoms with E-state index in [4.69, 9.17) is 23.7 Å². The van der Waals surface area contributed by atoms with Crippen LogP contribution in [0, 0.1) is 0 Å². The van der Waals surface area contributed by atoms with Gasteiger partial charge >= 0.3 is 0 Å². The number of nitrogens with one attached hydrogen (secondary N) is 1. The quantitative estimate of drug-likeness (QED) is 0.155. The van der Waals surface area contributed by atoms with Gasteiger partial charge in [-0.05, 0) is 6.92 Å². The summed E-state index contributed by atoms with van der Waals surface area (Å²) in [5.41, 5.74) is 0. The molecule has 14 atom stereocenters. The Bertz CT molecular complexity index is 701. The minimum absolute atomic E-state index is 0.00196. The van der Waals surface area contributed by atoms with Gasteiger partial charge in [-0.25, -0.2) is 0 Å². The Hall–Kier alpha value is -1.05. The van der Waals surface area contributed by atoms with E-state index in [9.17, 15) is 45.6 Å². The fraction of sp³-hybridized carbons (Fsp3) is 0.950. The zero-order chi connectivity index (χ0) is 26.0. The van der Waals surface area contributed by atoms with Crippen molar-refractivity contribution in [1.82, 2.24) is 5.32 Å². The molecule has 35 heavy (non-hydrogen) atoms. The monoisotopic (exact) mass is 513 g/mol. The zero-order valence-electron chi connectivity index (χ0n) is 19.2. The summed E-state index contributed by atoms with van der Waals surface area (Å²) in [6.45, 7) is 1.72. The smallest absolute Gasteiger partial charge is 0.217 e. The summed E-state index contributed by atoms with van der Waals surface area (Å²) in [6.07, 6.45) is -18.4. The summed E-state index contributed by atoms with van der Waals surface area (Å²) in [4.78, 5) is 11.6. The highest BCUT2D eigenvalue weighted by Gasteiger charge is 2.50. The van der Waals surface area contributed by atoms with E-state index in [0.29, 0.717) is 0 Å². The van der Waals surface area contributed by atoms with Crippen LogP contribution >= 0.6 is 0 Å². The fourth-order valence-electron chi connectivity index (χ4n) is 4.25. The van der Waals surface area contributed by atoms with E-state index in [1.807, 2.05) is 0 Å². The van der Waals surface area contributed by atoms with Crippen molar-refractivity contribution in [2.24, 2.45) is 0 Å². The van der Waals surface area contributed by atoms with Gasteiger partial charge in [0.2, 0.25) is 5.91 Å². The molecule has 0 bridgehead atoms. The zero-order valence-corrected chi connectivity index (χ0v) is 19.2. The summed E-state index contributed by atoms with van der Waals surface area (Å²) >= 11 is 0. The number of aliphatic hydroxyl groups is 8. The van der Waals surface area contributed by atoms with Gasteiger partial charge in [0.25, 0.3) is 0 Å². The lowest BCUT2D eigenvalue weighted by Gasteiger charge is -2.46. The Morgan fingerprint density at radius 3 is 2.23 bits per heavy atom. The summed E-state index contributed by atoms with van der Waals surface area (Å²) in [7, 11) is 0. The van der Waals surface area contributed by atoms with Gasteiger partial charge in [0.05, 0.1) is 31.5 Å². The minimum atomic E-state index is -1.79. The number of carbonyl (C=O) groups is 1. The van der Waals surface area contributed by atoms with E-state index >= 15 is 0 Å². The highest BCUT2D eigenvalue weighted by molar-refractivity contribution is 5.73. The fourth-order valence-corrected chi connectivity index (χ4v) is 4.25. The summed E-state index contributed by atoms with van der Waals surface area (Å²) in [6, 6.07) is -1.09. The van der Waals surface area contributed by atoms with E-state index in [1.165, 1.54) is 13.8 Å². The van der Waals surface area contributed by atoms with Gasteiger partial charge in [0, 0.05) is 13.3 Å². The van der Waals surface area contributed by atoms with E-state index in [2.05, 4.69) is 5.32 Å². The maximum Gasteiger partial charge on any atom is 0.217 e. The molecule has 3 saturated heterocycles. The van der Waals surface area contributed by atoms with Gasteiger partial charge in [-0.1, -0.05) is 0 Å². The first-order valence-electron chi connectivity index (χ1n) is 11.3. The summed E-state index contributed by atoms with van der Waals surface area (Å²) < 4.78 is 27.7. The van der Waals surface area contributed by atoms with Crippen molar-refractivity contribution in [1.29, 1.82) is 0 Å². The lowest BCUT2D eigenvalue weighted by atomic mass is 9.97. The van der Waals surface area contributed by atoms with Crippen LogP contribution in [0.25, 0.3) is 0 Å². The number of hydrogen-bond donors (Lipinski definition) is 9. The van der Waals surface area contributed by atoms with Crippen molar-refractivity contribution >= 4 is 5.91 Å². The first-order chi connectivity index (χ1) is 16.4. The molecule has 15 nitrogen and oxygen atoms in total. The molecule has 3 rings (SSSR count). The maximum atomic E-state index is 11.6. The molecule has 3 heterocycles. The Balaban J connectivity index is 1.75. The number of carbonyl (C=O) groups excluding carboxylic acids is 1. The van der Waals surface area contributed by atoms with Crippen LogP contribution in [-0.4, -0.2) is 146 Å². The van der Waals surface area contributed by atoms with Crippen LogP contribution < -0.4 is 5.32 Å². The number of aliphatic hydroxyl groups excluding tert-OH is 8. The van der Waals surface area contributed by atoms with Gasteiger partial charge in [-0.3, -0.25) is 4.79 Å². The molecule has 9 N–H and O–H groups in total. The number of ether oxygens (including phenoxy) is 5. The number of amides is 1. The van der Waals surface area contributed by atoms with Crippen LogP contribution in [-0.2, 0) is 28.5 Å². The van der Waals surface area contributed by atoms with Crippen LogP contribution in [0.3, 0.4) is 0 Å². The standard InChI is InChI=1S/C20H35NO14/c1-6-12(25)15(28)17(35-19-11(21-7(2)23)9(24)3-8(4-22)33-19)20(32-6)31-5-10-13(26)14(27)16(29)18(30)34-10/h6,8-20,22,24-30H,3-5H2,1-2H3,(H,21,23)/t6-,8+,9+,10-,11-,12-,13-,14+,15+,16+,17+,18-,19+,20+/m1/s1. The normalized spacial score (nSPS) is 49.0. The average Bonchev–Trinajstić information content (AvgIpc) is 2.81. The SMILES string of the molecule is CC(=O)N[C@H]1[C@H](O[C@@H]2[C@@H](OC[C@H]3O[C@@H](O)[C@@H](O)[C@@H](O)[C@@H]3O)O[C@H](C)[C@@H](O)[C@@H]2O)O[C@H](CO)C[C@@H]1O. The topological polar surface area (TPSA) is 237 Å². The maximum absolute atomic E-state index is 11.6. The van der Waals surface area contributed by atoms with Crippen molar-refractivity contribution < 1.29 is 69.3 Å². The molecule has 3 aliphatic heterocycles. The Labute approximate surface area is 200 Å². The first kappa shape index (κ1) is 28.5. The molecule has 0 aromatic heterocycles. The number of rotatable bonds is 7. The first-order valence-corrected chi connectivity index (χ1v) is 11.3. The molecule has 0 aromatic carbocycles. The summed E-state index contributed by atoms with van der Waals surface area (Å²) in [5, 5.41) is 82.7. The van der Waals surface area contributed by atoms with Gasteiger partial charge < -0.3 is 69.9 Å². The third kappa shape index (κ3) is 6.45. The molecule has 0 aliphatic carbocycles. The Morgan fingerprint density at radius 1 is 0.914 bits per heavy atom. The van der Waals surface area contributed by atoms with Crippen LogP contribution in [0.5, 0.6) is 0 Å². The third-order valence-corrected chi connectivity index (χ3v) is 6.30. The van der Waals surface area contributed by atoms with Gasteiger partial charge in [0.1, 0.15) is 48.8 Å². The molecule has 0 radical (unpaired) electrons. The van der Waals surface area contributed by atoms with Crippen molar-refractivity contribution in [2.45, 2.75) is 106 Å². The molecule has 15 heteroatoms. The lowest BCUT2D eigenvalue weighted by Crippen LogP contribution is -2.64. The van der Waals surface area contributed by atoms with Crippen molar-refractivity contribution in [3.63, 3.8) is 0 Å². The molecular formula is C20H35NO14. The molecule has 3 fully saturated rings. The molecule has 3 aliphatic rings. The second kappa shape index (κ2) is 12.0. The molecule has 0 saturated carbocycles. The molecular weight excluding hydrogens is 478 g/mol. The summed E-state index contributed by atoms with van der Waals surface area (Å²) in [5.74, 6) is -0.502. The minimum Gasteiger partial charge on any atom is -0.394 e. The third-order valence-electron chi connectivity index (χ3n) is 6.30. The van der Waals surface area contributed by atoms with Crippen LogP contribution in [0.4, 0.5) is 0 Å². The van der Waals surface area contributed by atoms with Crippen LogP contribution in [0.15, 0.2) is 0 Å². The van der Waals surface area contributed by atoms with Crippen molar-refractivity contribution in [2.75, 3.05) is 13.2 Å². The van der Waals surface area contributed by atoms with Gasteiger partial charge in [0.15, 0.2) is 18.9 Å². The van der Waals surface area contributed by atoms with Crippen molar-refractivity contribution in [3.05, 3.63) is 0 Å². The molecule has 0 aromatic rings. The second-order valence-electron chi connectivity index (χ2n) is 9.00. The highest BCUT2D eigenvalue weighted by Crippen LogP contribution is 2.30. The van der Waals surface area contributed by atoms with E-state index < -0.39 is 105 Å². The highest BCUT2D eigenvalue weighted by atomic mass is 16.8. The van der Waals surface area contributed by atoms with E-state index in [-0.39, 0.29) is 6.42 Å². The largest absolute Gasteiger partial charge is 0.394 e. The molecule has 0 unspecified atom stereocenters. The molecule has 1 amide bonds. The predicted octanol–water partition coefficient (Wildman–Crippen LogP) is -5.37. The van der Waals surface area contributed by atoms with E-state index in [0.717, 1.165) is 0 Å². The average molecular weight is 513 g/mol. The van der Waals surface area contributed by atoms with Crippen molar-refractivity contribution in [3.8, 4) is 0 Å². The van der Waals surface area contributed by atoms with Gasteiger partial charge in [-0.2, -0.15) is 0 Å². The molecule has 0 spiro atoms. The molecule has 204 valence electrons. The van der Waals surface area contributed by atoms with E-state index in [1.54, 1.807) is 0 Å². The second-order valence-corrected chi connectivity index (χ2v) is 9.00. The number of hydrogen-bond acceptors (Lipinski definition) is 14. The lowest BCUT2D eigenvalue weighted by molar-refractivity contribution is -0.353. The van der Waals surface area contributed by atoms with Crippen LogP contribution in [0.1, 0.15) is 20.3 Å². The van der Waals surface area contributed by atoms with Crippen LogP contribution in [0.2, 0.25) is 0 Å². The Kier molecular flexibility index (Phi) is 9.78.